The van der Waals surface area contributed by atoms with E-state index < -0.39 is 16.0 Å². The summed E-state index contributed by atoms with van der Waals surface area (Å²) in [6.45, 7) is 1.66. The molecule has 2 N–H and O–H groups in total. The van der Waals surface area contributed by atoms with Crippen LogP contribution in [-0.4, -0.2) is 37.4 Å². The Bertz CT molecular complexity index is 1150. The van der Waals surface area contributed by atoms with Crippen LogP contribution in [0.5, 0.6) is 5.75 Å². The number of methoxy groups -OCH3 is 1. The van der Waals surface area contributed by atoms with Gasteiger partial charge in [0.1, 0.15) is 12.3 Å². The number of ether oxygens (including phenoxy) is 1. The lowest BCUT2D eigenvalue weighted by atomic mass is 10.2. The van der Waals surface area contributed by atoms with Gasteiger partial charge in [-0.25, -0.2) is 8.42 Å². The van der Waals surface area contributed by atoms with E-state index in [4.69, 9.17) is 4.74 Å². The van der Waals surface area contributed by atoms with Gasteiger partial charge in [0.15, 0.2) is 0 Å². The molecule has 1 heterocycles. The van der Waals surface area contributed by atoms with Crippen molar-refractivity contribution < 1.29 is 23.1 Å². The van der Waals surface area contributed by atoms with Crippen molar-refractivity contribution in [2.45, 2.75) is 23.3 Å². The smallest absolute Gasteiger partial charge is 0.323 e. The number of hydrogen-bond donors (Lipinski definition) is 2. The van der Waals surface area contributed by atoms with Gasteiger partial charge in [0.2, 0.25) is 10.0 Å². The second-order valence-corrected chi connectivity index (χ2v) is 9.05. The van der Waals surface area contributed by atoms with E-state index >= 15 is 0 Å². The summed E-state index contributed by atoms with van der Waals surface area (Å²) in [4.78, 5) is 13.1. The number of fused-ring (bicyclic) bond motifs is 1. The molecule has 3 rings (SSSR count). The normalized spacial score (nSPS) is 11.5. The highest BCUT2D eigenvalue weighted by atomic mass is 32.2. The summed E-state index contributed by atoms with van der Waals surface area (Å²) < 4.78 is 32.8. The highest BCUT2D eigenvalue weighted by Crippen LogP contribution is 2.42. The number of rotatable bonds is 7. The lowest BCUT2D eigenvalue weighted by Crippen LogP contribution is -2.10. The number of para-hydroxylation sites is 1. The van der Waals surface area contributed by atoms with Gasteiger partial charge in [-0.05, 0) is 37.3 Å². The molecule has 0 spiro atoms. The summed E-state index contributed by atoms with van der Waals surface area (Å²) in [5.41, 5.74) is 1.92. The van der Waals surface area contributed by atoms with Crippen LogP contribution in [0.15, 0.2) is 52.3 Å². The second kappa shape index (κ2) is 7.76. The van der Waals surface area contributed by atoms with E-state index in [9.17, 15) is 18.3 Å². The van der Waals surface area contributed by atoms with Crippen LogP contribution >= 0.6 is 11.8 Å². The number of nitrogens with zero attached hydrogens (tertiary/aromatic N) is 1. The molecule has 0 atom stereocenters. The van der Waals surface area contributed by atoms with Gasteiger partial charge in [-0.1, -0.05) is 23.9 Å². The molecule has 0 aliphatic carbocycles. The van der Waals surface area contributed by atoms with Crippen LogP contribution in [0.3, 0.4) is 0 Å². The molecule has 0 saturated carbocycles. The molecule has 3 aromatic rings. The molecule has 28 heavy (non-hydrogen) atoms. The minimum absolute atomic E-state index is 0.187. The van der Waals surface area contributed by atoms with E-state index in [2.05, 4.69) is 4.72 Å². The quantitative estimate of drug-likeness (QED) is 0.606. The third kappa shape index (κ3) is 4.26. The van der Waals surface area contributed by atoms with Gasteiger partial charge < -0.3 is 14.4 Å². The topological polar surface area (TPSA) is 97.6 Å². The molecule has 0 aliphatic heterocycles. The van der Waals surface area contributed by atoms with Crippen LogP contribution in [0.2, 0.25) is 0 Å². The van der Waals surface area contributed by atoms with Crippen molar-refractivity contribution in [1.82, 2.24) is 4.57 Å². The van der Waals surface area contributed by atoms with Crippen LogP contribution in [0.4, 0.5) is 5.69 Å². The number of nitrogens with one attached hydrogen (secondary N) is 1. The number of aliphatic carboxylic acids is 1. The second-order valence-electron chi connectivity index (χ2n) is 6.25. The predicted molar refractivity (Wildman–Crippen MR) is 110 cm³/mol. The first-order valence-corrected chi connectivity index (χ1v) is 11.0. The van der Waals surface area contributed by atoms with Crippen molar-refractivity contribution in [3.63, 3.8) is 0 Å². The van der Waals surface area contributed by atoms with Gasteiger partial charge in [0, 0.05) is 21.7 Å². The third-order valence-corrected chi connectivity index (χ3v) is 6.03. The third-order valence-electron chi connectivity index (χ3n) is 4.14. The fourth-order valence-electron chi connectivity index (χ4n) is 3.01. The summed E-state index contributed by atoms with van der Waals surface area (Å²) in [5, 5.41) is 10.1. The van der Waals surface area contributed by atoms with Crippen molar-refractivity contribution in [3.8, 4) is 5.75 Å². The Morgan fingerprint density at radius 3 is 2.61 bits per heavy atom. The van der Waals surface area contributed by atoms with Gasteiger partial charge in [-0.2, -0.15) is 0 Å². The summed E-state index contributed by atoms with van der Waals surface area (Å²) in [6, 6.07) is 12.6. The van der Waals surface area contributed by atoms with E-state index in [1.807, 2.05) is 31.2 Å². The fourth-order valence-corrected chi connectivity index (χ4v) is 4.71. The standard InChI is InChI=1S/C19H20N2O5S2/c1-12-19(27-17-7-5-4-6-16(17)26-2)14-10-13(20-28(3,24)25)8-9-15(14)21(12)11-18(22)23/h4-10,20H,11H2,1-3H3,(H,22,23). The average Bonchev–Trinajstić information content (AvgIpc) is 2.85. The molecule has 148 valence electrons. The minimum atomic E-state index is -3.43. The zero-order valence-corrected chi connectivity index (χ0v) is 17.2. The van der Waals surface area contributed by atoms with E-state index in [0.717, 1.165) is 32.6 Å². The number of sulfonamides is 1. The first-order chi connectivity index (χ1) is 13.2. The molecule has 0 bridgehead atoms. The first-order valence-electron chi connectivity index (χ1n) is 8.33. The molecule has 0 unspecified atom stereocenters. The Balaban J connectivity index is 2.19. The van der Waals surface area contributed by atoms with Gasteiger partial charge in [-0.3, -0.25) is 9.52 Å². The highest BCUT2D eigenvalue weighted by Gasteiger charge is 2.19. The molecule has 0 radical (unpaired) electrons. The van der Waals surface area contributed by atoms with Crippen LogP contribution in [0.1, 0.15) is 5.69 Å². The Morgan fingerprint density at radius 2 is 1.96 bits per heavy atom. The summed E-state index contributed by atoms with van der Waals surface area (Å²) in [6.07, 6.45) is 1.09. The van der Waals surface area contributed by atoms with E-state index in [-0.39, 0.29) is 6.54 Å². The SMILES string of the molecule is COc1ccccc1Sc1c(C)n(CC(=O)O)c2ccc(NS(C)(=O)=O)cc12. The predicted octanol–water partition coefficient (Wildman–Crippen LogP) is 3.57. The van der Waals surface area contributed by atoms with E-state index in [1.54, 1.807) is 29.9 Å². The Hall–Kier alpha value is -2.65. The Kier molecular flexibility index (Phi) is 5.57. The number of carboxylic acids is 1. The Labute approximate surface area is 167 Å². The summed E-state index contributed by atoms with van der Waals surface area (Å²) in [7, 11) is -1.84. The maximum absolute atomic E-state index is 11.6. The molecule has 0 aliphatic rings. The largest absolute Gasteiger partial charge is 0.496 e. The highest BCUT2D eigenvalue weighted by molar-refractivity contribution is 7.99. The fraction of sp³-hybridized carbons (Fsp3) is 0.211. The number of hydrogen-bond acceptors (Lipinski definition) is 5. The molecule has 9 heteroatoms. The maximum Gasteiger partial charge on any atom is 0.323 e. The van der Waals surface area contributed by atoms with Crippen LogP contribution < -0.4 is 9.46 Å². The average molecular weight is 421 g/mol. The number of benzene rings is 2. The van der Waals surface area contributed by atoms with Crippen molar-refractivity contribution in [1.29, 1.82) is 0 Å². The molecular formula is C19H20N2O5S2. The van der Waals surface area contributed by atoms with E-state index in [0.29, 0.717) is 11.4 Å². The van der Waals surface area contributed by atoms with Gasteiger partial charge in [0.05, 0.1) is 23.8 Å². The zero-order valence-electron chi connectivity index (χ0n) is 15.6. The molecule has 7 nitrogen and oxygen atoms in total. The number of anilines is 1. The van der Waals surface area contributed by atoms with Crippen molar-refractivity contribution in [3.05, 3.63) is 48.2 Å². The molecule has 0 fully saturated rings. The lowest BCUT2D eigenvalue weighted by molar-refractivity contribution is -0.137. The Morgan fingerprint density at radius 1 is 1.25 bits per heavy atom. The first kappa shape index (κ1) is 20.1. The monoisotopic (exact) mass is 420 g/mol. The molecular weight excluding hydrogens is 400 g/mol. The maximum atomic E-state index is 11.6. The number of carbonyl (C=O) groups is 1. The minimum Gasteiger partial charge on any atom is -0.496 e. The molecule has 0 amide bonds. The molecule has 0 saturated heterocycles. The zero-order chi connectivity index (χ0) is 20.5. The molecule has 1 aromatic heterocycles. The number of aromatic nitrogens is 1. The lowest BCUT2D eigenvalue weighted by Gasteiger charge is -2.09. The van der Waals surface area contributed by atoms with Gasteiger partial charge >= 0.3 is 5.97 Å². The van der Waals surface area contributed by atoms with Crippen LogP contribution in [-0.2, 0) is 21.4 Å². The van der Waals surface area contributed by atoms with E-state index in [1.165, 1.54) is 11.8 Å². The van der Waals surface area contributed by atoms with Crippen molar-refractivity contribution in [2.75, 3.05) is 18.1 Å². The molecule has 2 aromatic carbocycles. The van der Waals surface area contributed by atoms with Crippen LogP contribution in [0.25, 0.3) is 10.9 Å². The summed E-state index contributed by atoms with van der Waals surface area (Å²) in [5.74, 6) is -0.247. The van der Waals surface area contributed by atoms with Gasteiger partial charge in [0.25, 0.3) is 0 Å². The van der Waals surface area contributed by atoms with Gasteiger partial charge in [-0.15, -0.1) is 0 Å². The van der Waals surface area contributed by atoms with Crippen molar-refractivity contribution in [2.24, 2.45) is 0 Å². The van der Waals surface area contributed by atoms with Crippen molar-refractivity contribution >= 4 is 44.3 Å². The number of carboxylic acid groups (broad SMARTS) is 1. The summed E-state index contributed by atoms with van der Waals surface area (Å²) >= 11 is 1.45. The van der Waals surface area contributed by atoms with Crippen LogP contribution in [0, 0.1) is 6.92 Å².